The minimum Gasteiger partial charge on any atom is -0.497 e. The molecule has 4 unspecified atom stereocenters. The number of hydrogen-bond donors (Lipinski definition) is 2. The van der Waals surface area contributed by atoms with Gasteiger partial charge in [-0.25, -0.2) is 4.39 Å². The SMILES string of the molecule is COc1cccc(C2(O)CCC(OC(Cc3ccc(F)cc3)c3ccccc3)CC2CN)c1. The summed E-state index contributed by atoms with van der Waals surface area (Å²) in [5.74, 6) is 0.343. The first-order valence-corrected chi connectivity index (χ1v) is 11.5. The molecule has 0 bridgehead atoms. The zero-order valence-corrected chi connectivity index (χ0v) is 19.0. The van der Waals surface area contributed by atoms with Crippen LogP contribution < -0.4 is 10.5 Å². The van der Waals surface area contributed by atoms with E-state index in [-0.39, 0.29) is 23.9 Å². The largest absolute Gasteiger partial charge is 0.497 e. The third-order valence-electron chi connectivity index (χ3n) is 6.79. The monoisotopic (exact) mass is 449 g/mol. The van der Waals surface area contributed by atoms with E-state index >= 15 is 0 Å². The molecule has 3 aromatic carbocycles. The topological polar surface area (TPSA) is 64.7 Å². The van der Waals surface area contributed by atoms with Crippen LogP contribution in [0, 0.1) is 11.7 Å². The predicted octanol–water partition coefficient (Wildman–Crippen LogP) is 5.15. The molecule has 4 nitrogen and oxygen atoms in total. The van der Waals surface area contributed by atoms with E-state index in [1.807, 2.05) is 42.5 Å². The number of rotatable bonds is 8. The first kappa shape index (κ1) is 23.4. The molecule has 4 rings (SSSR count). The Morgan fingerprint density at radius 1 is 1.06 bits per heavy atom. The molecule has 3 aromatic rings. The Labute approximate surface area is 195 Å². The molecule has 0 amide bonds. The molecule has 1 aliphatic rings. The van der Waals surface area contributed by atoms with Crippen molar-refractivity contribution in [2.45, 2.75) is 43.5 Å². The van der Waals surface area contributed by atoms with Crippen LogP contribution in [0.4, 0.5) is 4.39 Å². The van der Waals surface area contributed by atoms with Crippen LogP contribution in [0.1, 0.15) is 42.1 Å². The van der Waals surface area contributed by atoms with Gasteiger partial charge in [-0.3, -0.25) is 0 Å². The molecule has 33 heavy (non-hydrogen) atoms. The van der Waals surface area contributed by atoms with E-state index in [0.29, 0.717) is 25.8 Å². The van der Waals surface area contributed by atoms with E-state index in [4.69, 9.17) is 15.2 Å². The molecule has 0 spiro atoms. The molecular formula is C28H32FNO3. The van der Waals surface area contributed by atoms with Gasteiger partial charge in [-0.2, -0.15) is 0 Å². The van der Waals surface area contributed by atoms with E-state index in [1.54, 1.807) is 19.2 Å². The minimum absolute atomic E-state index is 0.0323. The van der Waals surface area contributed by atoms with Gasteiger partial charge in [0.25, 0.3) is 0 Å². The molecule has 174 valence electrons. The normalized spacial score (nSPS) is 23.8. The van der Waals surface area contributed by atoms with Gasteiger partial charge in [0.1, 0.15) is 11.6 Å². The summed E-state index contributed by atoms with van der Waals surface area (Å²) >= 11 is 0. The Kier molecular flexibility index (Phi) is 7.43. The number of methoxy groups -OCH3 is 1. The molecule has 0 radical (unpaired) electrons. The Morgan fingerprint density at radius 3 is 2.52 bits per heavy atom. The van der Waals surface area contributed by atoms with Crippen molar-refractivity contribution in [2.75, 3.05) is 13.7 Å². The summed E-state index contributed by atoms with van der Waals surface area (Å²) in [5, 5.41) is 11.6. The summed E-state index contributed by atoms with van der Waals surface area (Å²) in [6.07, 6.45) is 2.39. The molecule has 0 aliphatic heterocycles. The third kappa shape index (κ3) is 5.44. The fourth-order valence-corrected chi connectivity index (χ4v) is 4.88. The van der Waals surface area contributed by atoms with Crippen molar-refractivity contribution in [3.05, 3.63) is 101 Å². The molecule has 1 aliphatic carbocycles. The highest BCUT2D eigenvalue weighted by Gasteiger charge is 2.43. The quantitative estimate of drug-likeness (QED) is 0.499. The number of hydrogen-bond acceptors (Lipinski definition) is 4. The lowest BCUT2D eigenvalue weighted by Gasteiger charge is -2.43. The fraction of sp³-hybridized carbons (Fsp3) is 0.357. The van der Waals surface area contributed by atoms with E-state index in [0.717, 1.165) is 28.9 Å². The number of halogens is 1. The van der Waals surface area contributed by atoms with E-state index in [9.17, 15) is 9.50 Å². The average molecular weight is 450 g/mol. The zero-order valence-electron chi connectivity index (χ0n) is 19.0. The highest BCUT2D eigenvalue weighted by Crippen LogP contribution is 2.44. The second-order valence-electron chi connectivity index (χ2n) is 8.85. The number of benzene rings is 3. The van der Waals surface area contributed by atoms with Gasteiger partial charge in [0.2, 0.25) is 0 Å². The molecule has 1 fully saturated rings. The summed E-state index contributed by atoms with van der Waals surface area (Å²) in [6, 6.07) is 24.3. The van der Waals surface area contributed by atoms with Gasteiger partial charge in [0.05, 0.1) is 24.9 Å². The first-order chi connectivity index (χ1) is 16.0. The molecule has 0 aromatic heterocycles. The first-order valence-electron chi connectivity index (χ1n) is 11.5. The maximum atomic E-state index is 13.4. The second kappa shape index (κ2) is 10.5. The fourth-order valence-electron chi connectivity index (χ4n) is 4.88. The van der Waals surface area contributed by atoms with E-state index < -0.39 is 5.60 Å². The van der Waals surface area contributed by atoms with Crippen LogP contribution in [0.5, 0.6) is 5.75 Å². The number of aliphatic hydroxyl groups is 1. The van der Waals surface area contributed by atoms with Crippen LogP contribution in [0.2, 0.25) is 0 Å². The smallest absolute Gasteiger partial charge is 0.123 e. The highest BCUT2D eigenvalue weighted by molar-refractivity contribution is 5.33. The van der Waals surface area contributed by atoms with Gasteiger partial charge in [0.15, 0.2) is 0 Å². The lowest BCUT2D eigenvalue weighted by Crippen LogP contribution is -2.46. The summed E-state index contributed by atoms with van der Waals surface area (Å²) < 4.78 is 25.4. The van der Waals surface area contributed by atoms with E-state index in [1.165, 1.54) is 12.1 Å². The van der Waals surface area contributed by atoms with Crippen LogP contribution >= 0.6 is 0 Å². The lowest BCUT2D eigenvalue weighted by molar-refractivity contribution is -0.117. The number of nitrogens with two attached hydrogens (primary N) is 1. The maximum Gasteiger partial charge on any atom is 0.123 e. The van der Waals surface area contributed by atoms with E-state index in [2.05, 4.69) is 12.1 Å². The Bertz CT molecular complexity index is 1030. The van der Waals surface area contributed by atoms with Gasteiger partial charge in [0, 0.05) is 12.3 Å². The summed E-state index contributed by atoms with van der Waals surface area (Å²) in [4.78, 5) is 0. The van der Waals surface area contributed by atoms with Crippen LogP contribution in [0.3, 0.4) is 0 Å². The predicted molar refractivity (Wildman–Crippen MR) is 127 cm³/mol. The Balaban J connectivity index is 1.52. The minimum atomic E-state index is -1.01. The van der Waals surface area contributed by atoms with Crippen molar-refractivity contribution in [1.82, 2.24) is 0 Å². The average Bonchev–Trinajstić information content (AvgIpc) is 2.86. The van der Waals surface area contributed by atoms with Crippen molar-refractivity contribution < 1.29 is 19.0 Å². The Hall–Kier alpha value is -2.73. The highest BCUT2D eigenvalue weighted by atomic mass is 19.1. The van der Waals surface area contributed by atoms with Crippen molar-refractivity contribution in [2.24, 2.45) is 11.7 Å². The van der Waals surface area contributed by atoms with Crippen molar-refractivity contribution in [3.8, 4) is 5.75 Å². The summed E-state index contributed by atoms with van der Waals surface area (Å²) in [6.45, 7) is 0.363. The third-order valence-corrected chi connectivity index (χ3v) is 6.79. The molecule has 0 heterocycles. The van der Waals surface area contributed by atoms with Crippen LogP contribution in [0.25, 0.3) is 0 Å². The zero-order chi connectivity index (χ0) is 23.3. The Morgan fingerprint density at radius 2 is 1.82 bits per heavy atom. The molecule has 0 saturated heterocycles. The maximum absolute atomic E-state index is 13.4. The molecule has 3 N–H and O–H groups in total. The molecule has 1 saturated carbocycles. The van der Waals surface area contributed by atoms with Crippen LogP contribution in [-0.4, -0.2) is 24.9 Å². The van der Waals surface area contributed by atoms with Gasteiger partial charge < -0.3 is 20.3 Å². The van der Waals surface area contributed by atoms with Gasteiger partial charge in [-0.1, -0.05) is 54.6 Å². The lowest BCUT2D eigenvalue weighted by atomic mass is 9.70. The summed E-state index contributed by atoms with van der Waals surface area (Å²) in [5.41, 5.74) is 8.07. The van der Waals surface area contributed by atoms with Gasteiger partial charge in [-0.15, -0.1) is 0 Å². The standard InChI is InChI=1S/C28H32FNO3/c1-32-25-9-5-8-22(17-25)28(31)15-14-26(18-23(28)19-30)33-27(21-6-3-2-4-7-21)16-20-10-12-24(29)13-11-20/h2-13,17,23,26-27,31H,14-16,18-19,30H2,1H3. The van der Waals surface area contributed by atoms with Crippen molar-refractivity contribution >= 4 is 0 Å². The van der Waals surface area contributed by atoms with Gasteiger partial charge >= 0.3 is 0 Å². The second-order valence-corrected chi connectivity index (χ2v) is 8.85. The van der Waals surface area contributed by atoms with Crippen molar-refractivity contribution in [3.63, 3.8) is 0 Å². The number of ether oxygens (including phenoxy) is 2. The molecule has 5 heteroatoms. The van der Waals surface area contributed by atoms with Crippen LogP contribution in [0.15, 0.2) is 78.9 Å². The molecular weight excluding hydrogens is 417 g/mol. The summed E-state index contributed by atoms with van der Waals surface area (Å²) in [7, 11) is 1.62. The van der Waals surface area contributed by atoms with Crippen molar-refractivity contribution in [1.29, 1.82) is 0 Å². The van der Waals surface area contributed by atoms with Gasteiger partial charge in [-0.05, 0) is 66.8 Å². The van der Waals surface area contributed by atoms with Crippen LogP contribution in [-0.2, 0) is 16.8 Å². The molecule has 4 atom stereocenters.